The summed E-state index contributed by atoms with van der Waals surface area (Å²) < 4.78 is 5.26. The highest BCUT2D eigenvalue weighted by Gasteiger charge is 2.28. The highest BCUT2D eigenvalue weighted by molar-refractivity contribution is 5.98. The third-order valence-electron chi connectivity index (χ3n) is 4.21. The Kier molecular flexibility index (Phi) is 6.23. The lowest BCUT2D eigenvalue weighted by Crippen LogP contribution is -2.44. The molecule has 0 bridgehead atoms. The van der Waals surface area contributed by atoms with Gasteiger partial charge in [0.25, 0.3) is 11.6 Å². The summed E-state index contributed by atoms with van der Waals surface area (Å²) in [6.45, 7) is 0.992. The molecule has 1 aromatic carbocycles. The maximum Gasteiger partial charge on any atom is 0.335 e. The number of primary amides is 1. The molecule has 140 valence electrons. The molecule has 10 heteroatoms. The van der Waals surface area contributed by atoms with Gasteiger partial charge in [-0.15, -0.1) is 0 Å². The van der Waals surface area contributed by atoms with Crippen molar-refractivity contribution in [3.05, 3.63) is 39.4 Å². The molecular weight excluding hydrogens is 346 g/mol. The Bertz CT molecular complexity index is 696. The molecule has 1 unspecified atom stereocenters. The third-order valence-corrected chi connectivity index (χ3v) is 4.21. The summed E-state index contributed by atoms with van der Waals surface area (Å²) in [6, 6.07) is 2.36. The molecule has 1 saturated heterocycles. The number of aromatic carboxylic acids is 1. The normalized spacial score (nSPS) is 15.8. The molecule has 26 heavy (non-hydrogen) atoms. The Morgan fingerprint density at radius 1 is 1.27 bits per heavy atom. The van der Waals surface area contributed by atoms with E-state index in [0.717, 1.165) is 18.2 Å². The van der Waals surface area contributed by atoms with E-state index in [1.165, 1.54) is 0 Å². The Morgan fingerprint density at radius 2 is 1.88 bits per heavy atom. The number of non-ortho nitro benzene ring substituents is 1. The Morgan fingerprint density at radius 3 is 2.42 bits per heavy atom. The number of carboxylic acid groups (broad SMARTS) is 1. The molecule has 10 nitrogen and oxygen atoms in total. The predicted octanol–water partition coefficient (Wildman–Crippen LogP) is 0.693. The van der Waals surface area contributed by atoms with E-state index in [-0.39, 0.29) is 23.5 Å². The van der Waals surface area contributed by atoms with Crippen molar-refractivity contribution >= 4 is 23.5 Å². The minimum absolute atomic E-state index is 0.0298. The standard InChI is InChI=1S/C16H19N3O7/c17-14(20)8-13(9-1-3-26-4-2-9)18-15(21)10-5-11(16(22)23)7-12(6-10)19(24)25/h5-7,9,13H,1-4,8H2,(H2,17,20)(H,18,21)(H,22,23). The number of nitrogens with one attached hydrogen (secondary N) is 1. The number of benzene rings is 1. The van der Waals surface area contributed by atoms with E-state index in [1.807, 2.05) is 0 Å². The van der Waals surface area contributed by atoms with Crippen LogP contribution in [0.15, 0.2) is 18.2 Å². The number of carbonyl (C=O) groups excluding carboxylic acids is 2. The maximum atomic E-state index is 12.5. The fourth-order valence-electron chi connectivity index (χ4n) is 2.89. The minimum atomic E-state index is -1.39. The first-order chi connectivity index (χ1) is 12.3. The molecule has 0 radical (unpaired) electrons. The Labute approximate surface area is 148 Å². The number of nitro benzene ring substituents is 1. The van der Waals surface area contributed by atoms with Crippen molar-refractivity contribution in [1.82, 2.24) is 5.32 Å². The van der Waals surface area contributed by atoms with E-state index >= 15 is 0 Å². The van der Waals surface area contributed by atoms with Crippen molar-refractivity contribution in [2.75, 3.05) is 13.2 Å². The van der Waals surface area contributed by atoms with Crippen molar-refractivity contribution in [2.45, 2.75) is 25.3 Å². The maximum absolute atomic E-state index is 12.5. The molecule has 0 aromatic heterocycles. The molecule has 1 atom stereocenters. The van der Waals surface area contributed by atoms with Gasteiger partial charge < -0.3 is 20.9 Å². The molecule has 2 rings (SSSR count). The van der Waals surface area contributed by atoms with Gasteiger partial charge in [0.1, 0.15) is 0 Å². The number of hydrogen-bond acceptors (Lipinski definition) is 6. The molecule has 1 fully saturated rings. The van der Waals surface area contributed by atoms with Crippen LogP contribution in [-0.4, -0.2) is 47.1 Å². The first-order valence-electron chi connectivity index (χ1n) is 7.97. The fraction of sp³-hybridized carbons (Fsp3) is 0.438. The molecule has 1 aliphatic rings. The van der Waals surface area contributed by atoms with Gasteiger partial charge >= 0.3 is 5.97 Å². The van der Waals surface area contributed by atoms with Crippen molar-refractivity contribution in [1.29, 1.82) is 0 Å². The number of amides is 2. The number of nitrogens with two attached hydrogens (primary N) is 1. The molecule has 0 spiro atoms. The number of hydrogen-bond donors (Lipinski definition) is 3. The number of nitro groups is 1. The third kappa shape index (κ3) is 4.99. The molecule has 1 heterocycles. The van der Waals surface area contributed by atoms with E-state index in [4.69, 9.17) is 15.6 Å². The number of nitrogens with zero attached hydrogens (tertiary/aromatic N) is 1. The van der Waals surface area contributed by atoms with Gasteiger partial charge in [-0.2, -0.15) is 0 Å². The lowest BCUT2D eigenvalue weighted by atomic mass is 9.89. The zero-order valence-corrected chi connectivity index (χ0v) is 13.8. The van der Waals surface area contributed by atoms with E-state index in [1.54, 1.807) is 0 Å². The predicted molar refractivity (Wildman–Crippen MR) is 88.7 cm³/mol. The lowest BCUT2D eigenvalue weighted by molar-refractivity contribution is -0.384. The summed E-state index contributed by atoms with van der Waals surface area (Å²) in [5, 5.41) is 22.7. The van der Waals surface area contributed by atoms with Crippen LogP contribution < -0.4 is 11.1 Å². The van der Waals surface area contributed by atoms with Crippen LogP contribution in [0.2, 0.25) is 0 Å². The van der Waals surface area contributed by atoms with E-state index < -0.39 is 34.4 Å². The highest BCUT2D eigenvalue weighted by Crippen LogP contribution is 2.22. The van der Waals surface area contributed by atoms with Gasteiger partial charge in [0.05, 0.1) is 10.5 Å². The van der Waals surface area contributed by atoms with Crippen molar-refractivity contribution in [3.63, 3.8) is 0 Å². The Hall–Kier alpha value is -3.01. The number of rotatable bonds is 7. The molecule has 1 aliphatic heterocycles. The van der Waals surface area contributed by atoms with E-state index in [0.29, 0.717) is 26.1 Å². The van der Waals surface area contributed by atoms with Crippen LogP contribution in [0.5, 0.6) is 0 Å². The molecule has 4 N–H and O–H groups in total. The number of ether oxygens (including phenoxy) is 1. The van der Waals surface area contributed by atoms with E-state index in [2.05, 4.69) is 5.32 Å². The average molecular weight is 365 g/mol. The molecule has 2 amide bonds. The summed E-state index contributed by atoms with van der Waals surface area (Å²) in [4.78, 5) is 45.2. The largest absolute Gasteiger partial charge is 0.478 e. The highest BCUT2D eigenvalue weighted by atomic mass is 16.6. The van der Waals surface area contributed by atoms with Gasteiger partial charge in [0, 0.05) is 43.4 Å². The molecule has 0 saturated carbocycles. The summed E-state index contributed by atoms with van der Waals surface area (Å²) in [6.07, 6.45) is 1.18. The Balaban J connectivity index is 2.26. The van der Waals surface area contributed by atoms with Crippen LogP contribution in [0.1, 0.15) is 40.0 Å². The second-order valence-electron chi connectivity index (χ2n) is 6.03. The number of carbonyl (C=O) groups is 3. The lowest BCUT2D eigenvalue weighted by Gasteiger charge is -2.30. The molecule has 1 aromatic rings. The zero-order chi connectivity index (χ0) is 19.3. The average Bonchev–Trinajstić information content (AvgIpc) is 2.61. The second kappa shape index (κ2) is 8.39. The van der Waals surface area contributed by atoms with Crippen LogP contribution in [0.25, 0.3) is 0 Å². The van der Waals surface area contributed by atoms with Gasteiger partial charge in [-0.3, -0.25) is 19.7 Å². The van der Waals surface area contributed by atoms with E-state index in [9.17, 15) is 24.5 Å². The SMILES string of the molecule is NC(=O)CC(NC(=O)c1cc(C(=O)O)cc([N+](=O)[O-])c1)C1CCOCC1. The van der Waals surface area contributed by atoms with Crippen molar-refractivity contribution in [3.8, 4) is 0 Å². The first kappa shape index (κ1) is 19.3. The zero-order valence-electron chi connectivity index (χ0n) is 13.8. The fourth-order valence-corrected chi connectivity index (χ4v) is 2.89. The van der Waals surface area contributed by atoms with Crippen LogP contribution >= 0.6 is 0 Å². The molecule has 0 aliphatic carbocycles. The van der Waals surface area contributed by atoms with Crippen LogP contribution in [0, 0.1) is 16.0 Å². The summed E-state index contributed by atoms with van der Waals surface area (Å²) in [7, 11) is 0. The van der Waals surface area contributed by atoms with Gasteiger partial charge in [0.15, 0.2) is 0 Å². The first-order valence-corrected chi connectivity index (χ1v) is 7.97. The summed E-state index contributed by atoms with van der Waals surface area (Å²) in [5.41, 5.74) is 4.21. The van der Waals surface area contributed by atoms with Gasteiger partial charge in [-0.1, -0.05) is 0 Å². The second-order valence-corrected chi connectivity index (χ2v) is 6.03. The van der Waals surface area contributed by atoms with Gasteiger partial charge in [0.2, 0.25) is 5.91 Å². The van der Waals surface area contributed by atoms with Crippen LogP contribution in [-0.2, 0) is 9.53 Å². The topological polar surface area (TPSA) is 162 Å². The summed E-state index contributed by atoms with van der Waals surface area (Å²) in [5.74, 6) is -2.71. The van der Waals surface area contributed by atoms with Crippen LogP contribution in [0.3, 0.4) is 0 Å². The molecular formula is C16H19N3O7. The smallest absolute Gasteiger partial charge is 0.335 e. The quantitative estimate of drug-likeness (QED) is 0.473. The minimum Gasteiger partial charge on any atom is -0.478 e. The monoisotopic (exact) mass is 365 g/mol. The van der Waals surface area contributed by atoms with Crippen molar-refractivity contribution in [2.24, 2.45) is 11.7 Å². The summed E-state index contributed by atoms with van der Waals surface area (Å²) >= 11 is 0. The van der Waals surface area contributed by atoms with Gasteiger partial charge in [-0.05, 0) is 24.8 Å². The van der Waals surface area contributed by atoms with Crippen molar-refractivity contribution < 1.29 is 29.2 Å². The van der Waals surface area contributed by atoms with Gasteiger partial charge in [-0.25, -0.2) is 4.79 Å². The van der Waals surface area contributed by atoms with Crippen LogP contribution in [0.4, 0.5) is 5.69 Å². The number of carboxylic acids is 1.